The monoisotopic (exact) mass is 464 g/mol. The summed E-state index contributed by atoms with van der Waals surface area (Å²) in [6.45, 7) is 13.6. The topological polar surface area (TPSA) is 120 Å². The van der Waals surface area contributed by atoms with Gasteiger partial charge in [-0.15, -0.1) is 0 Å². The van der Waals surface area contributed by atoms with Crippen LogP contribution in [-0.4, -0.2) is 86.8 Å². The molecule has 0 bridgehead atoms. The fourth-order valence-corrected chi connectivity index (χ4v) is 4.11. The number of rotatable bonds is 5. The first-order chi connectivity index (χ1) is 15.1. The van der Waals surface area contributed by atoms with Gasteiger partial charge < -0.3 is 24.1 Å². The normalized spacial score (nSPS) is 26.8. The molecule has 0 aliphatic carbocycles. The van der Waals surface area contributed by atoms with Crippen molar-refractivity contribution >= 4 is 31.5 Å². The highest BCUT2D eigenvalue weighted by molar-refractivity contribution is 6.78. The minimum Gasteiger partial charge on any atom is -0.421 e. The van der Waals surface area contributed by atoms with Crippen LogP contribution in [0.5, 0.6) is 0 Å². The van der Waals surface area contributed by atoms with Gasteiger partial charge >= 0.3 is 20.3 Å². The number of hydrogen-bond donors (Lipinski definition) is 2. The molecule has 1 amide bonds. The fourth-order valence-electron chi connectivity index (χ4n) is 4.11. The first-order valence-corrected chi connectivity index (χ1v) is 11.4. The zero-order valence-electron chi connectivity index (χ0n) is 20.7. The summed E-state index contributed by atoms with van der Waals surface area (Å²) in [7, 11) is -2.62. The van der Waals surface area contributed by atoms with Crippen LogP contribution in [0.2, 0.25) is 0 Å². The maximum atomic E-state index is 13.0. The molecule has 2 fully saturated rings. The van der Waals surface area contributed by atoms with Crippen molar-refractivity contribution in [2.45, 2.75) is 84.2 Å². The first kappa shape index (κ1) is 25.9. The van der Waals surface area contributed by atoms with E-state index in [-0.39, 0.29) is 17.1 Å². The molecule has 2 saturated heterocycles. The van der Waals surface area contributed by atoms with Gasteiger partial charge in [0.25, 0.3) is 0 Å². The van der Waals surface area contributed by atoms with Crippen molar-refractivity contribution in [2.75, 3.05) is 19.6 Å². The van der Waals surface area contributed by atoms with E-state index in [2.05, 4.69) is 5.10 Å². The summed E-state index contributed by atoms with van der Waals surface area (Å²) in [5, 5.41) is 23.1. The van der Waals surface area contributed by atoms with Crippen LogP contribution in [0.25, 0.3) is 0 Å². The molecule has 0 atom stereocenters. The molecule has 1 aromatic rings. The van der Waals surface area contributed by atoms with Crippen molar-refractivity contribution in [1.82, 2.24) is 9.78 Å². The standard InChI is InChI=1S/C21H36B2N3O7/c1-19(2,3)31-18(28)26(14-17(27)22(29)30)10-8-16(9-11-26)25-13-15(12-24-25)23-32-20(4,5)21(6,7)33-23/h12-13,16,29-30H,8-11,14H2,1-7H3/q+1. The molecular weight excluding hydrogens is 428 g/mol. The number of hydrogen-bond acceptors (Lipinski definition) is 8. The van der Waals surface area contributed by atoms with Crippen molar-refractivity contribution in [1.29, 1.82) is 0 Å². The molecule has 2 aliphatic heterocycles. The van der Waals surface area contributed by atoms with Crippen LogP contribution in [0.3, 0.4) is 0 Å². The molecule has 2 aliphatic rings. The number of likely N-dealkylation sites (tertiary alicyclic amines) is 1. The summed E-state index contributed by atoms with van der Waals surface area (Å²) in [4.78, 5) is 25.1. The Kier molecular flexibility index (Phi) is 6.91. The van der Waals surface area contributed by atoms with E-state index in [1.165, 1.54) is 0 Å². The number of aromatic nitrogens is 2. The van der Waals surface area contributed by atoms with Crippen molar-refractivity contribution in [2.24, 2.45) is 0 Å². The van der Waals surface area contributed by atoms with Crippen LogP contribution in [-0.2, 0) is 18.8 Å². The third-order valence-corrected chi connectivity index (χ3v) is 6.83. The maximum absolute atomic E-state index is 13.0. The molecule has 0 radical (unpaired) electrons. The smallest absolute Gasteiger partial charge is 0.421 e. The van der Waals surface area contributed by atoms with Gasteiger partial charge in [-0.1, -0.05) is 0 Å². The van der Waals surface area contributed by atoms with Crippen molar-refractivity contribution in [3.8, 4) is 0 Å². The molecule has 0 aromatic carbocycles. The number of nitrogens with zero attached hydrogens (tertiary/aromatic N) is 3. The second-order valence-electron chi connectivity index (χ2n) is 11.1. The molecule has 10 nitrogen and oxygen atoms in total. The zero-order valence-corrected chi connectivity index (χ0v) is 20.7. The Hall–Kier alpha value is -1.72. The highest BCUT2D eigenvalue weighted by Gasteiger charge is 2.52. The minimum absolute atomic E-state index is 0.0176. The summed E-state index contributed by atoms with van der Waals surface area (Å²) in [5.41, 5.74) is -1.59. The van der Waals surface area contributed by atoms with E-state index in [1.807, 2.05) is 38.6 Å². The summed E-state index contributed by atoms with van der Waals surface area (Å²) >= 11 is 0. The molecule has 1 aromatic heterocycles. The lowest BCUT2D eigenvalue weighted by atomic mass is 9.82. The van der Waals surface area contributed by atoms with Crippen molar-refractivity contribution in [3.63, 3.8) is 0 Å². The van der Waals surface area contributed by atoms with Gasteiger partial charge in [0.15, 0.2) is 0 Å². The molecule has 33 heavy (non-hydrogen) atoms. The molecule has 2 N–H and O–H groups in total. The predicted octanol–water partition coefficient (Wildman–Crippen LogP) is 0.850. The second kappa shape index (κ2) is 8.81. The molecule has 12 heteroatoms. The number of ether oxygens (including phenoxy) is 1. The summed E-state index contributed by atoms with van der Waals surface area (Å²) in [5.74, 6) is 0. The van der Waals surface area contributed by atoms with Gasteiger partial charge in [0.05, 0.1) is 30.3 Å². The number of carbonyl (C=O) groups excluding carboxylic acids is 2. The molecule has 0 unspecified atom stereocenters. The van der Waals surface area contributed by atoms with E-state index in [9.17, 15) is 19.6 Å². The van der Waals surface area contributed by atoms with Crippen molar-refractivity contribution in [3.05, 3.63) is 12.4 Å². The lowest BCUT2D eigenvalue weighted by molar-refractivity contribution is -0.856. The maximum Gasteiger partial charge on any atom is 0.533 e. The van der Waals surface area contributed by atoms with Gasteiger partial charge in [0, 0.05) is 30.7 Å². The number of carbonyl (C=O) groups is 2. The first-order valence-electron chi connectivity index (χ1n) is 11.4. The zero-order chi connectivity index (χ0) is 24.8. The summed E-state index contributed by atoms with van der Waals surface area (Å²) < 4.78 is 19.4. The van der Waals surface area contributed by atoms with Gasteiger partial charge in [-0.2, -0.15) is 9.89 Å². The Morgan fingerprint density at radius 3 is 2.24 bits per heavy atom. The lowest BCUT2D eigenvalue weighted by Crippen LogP contribution is -2.61. The van der Waals surface area contributed by atoms with E-state index < -0.39 is 42.8 Å². The van der Waals surface area contributed by atoms with Gasteiger partial charge in [-0.05, 0) is 48.5 Å². The quantitative estimate of drug-likeness (QED) is 0.487. The third-order valence-electron chi connectivity index (χ3n) is 6.83. The molecule has 182 valence electrons. The average molecular weight is 464 g/mol. The average Bonchev–Trinajstić information content (AvgIpc) is 3.23. The fraction of sp³-hybridized carbons (Fsp3) is 0.762. The predicted molar refractivity (Wildman–Crippen MR) is 123 cm³/mol. The van der Waals surface area contributed by atoms with Crippen LogP contribution in [0.15, 0.2) is 12.4 Å². The molecule has 0 spiro atoms. The lowest BCUT2D eigenvalue weighted by Gasteiger charge is -2.40. The third kappa shape index (κ3) is 5.51. The number of amides is 1. The minimum atomic E-state index is -2.12. The van der Waals surface area contributed by atoms with E-state index in [0.29, 0.717) is 25.9 Å². The Bertz CT molecular complexity index is 871. The Morgan fingerprint density at radius 1 is 1.21 bits per heavy atom. The second-order valence-corrected chi connectivity index (χ2v) is 11.1. The van der Waals surface area contributed by atoms with Gasteiger partial charge in [0.2, 0.25) is 5.68 Å². The Labute approximate surface area is 196 Å². The highest BCUT2D eigenvalue weighted by atomic mass is 16.7. The largest absolute Gasteiger partial charge is 0.533 e. The highest BCUT2D eigenvalue weighted by Crippen LogP contribution is 2.36. The van der Waals surface area contributed by atoms with E-state index in [4.69, 9.17) is 14.0 Å². The molecule has 3 rings (SSSR count). The molecule has 0 saturated carbocycles. The van der Waals surface area contributed by atoms with E-state index in [1.54, 1.807) is 27.0 Å². The van der Waals surface area contributed by atoms with E-state index >= 15 is 0 Å². The number of piperidine rings is 1. The van der Waals surface area contributed by atoms with Gasteiger partial charge in [0.1, 0.15) is 12.1 Å². The SMILES string of the molecule is CC(C)(C)OC(=O)[N+]1(CC(=O)B(O)O)CCC(n2cc(B3OC(C)(C)C(C)(C)O3)cn2)CC1. The van der Waals surface area contributed by atoms with Crippen LogP contribution in [0.4, 0.5) is 4.79 Å². The van der Waals surface area contributed by atoms with E-state index in [0.717, 1.165) is 5.46 Å². The van der Waals surface area contributed by atoms with Crippen LogP contribution in [0.1, 0.15) is 67.3 Å². The molecular formula is C21H36B2N3O7+. The Morgan fingerprint density at radius 2 is 1.76 bits per heavy atom. The van der Waals surface area contributed by atoms with Gasteiger partial charge in [-0.3, -0.25) is 9.48 Å². The Balaban J connectivity index is 1.72. The van der Waals surface area contributed by atoms with Crippen LogP contribution < -0.4 is 5.46 Å². The van der Waals surface area contributed by atoms with Gasteiger partial charge in [-0.25, -0.2) is 4.48 Å². The van der Waals surface area contributed by atoms with Crippen LogP contribution in [0, 0.1) is 0 Å². The molecule has 3 heterocycles. The van der Waals surface area contributed by atoms with Crippen LogP contribution >= 0.6 is 0 Å². The summed E-state index contributed by atoms with van der Waals surface area (Å²) in [6, 6.07) is 0.0176. The summed E-state index contributed by atoms with van der Waals surface area (Å²) in [6.07, 6.45) is 4.24. The van der Waals surface area contributed by atoms with Crippen molar-refractivity contribution < 1.29 is 38.2 Å². The number of quaternary nitrogens is 1.